The van der Waals surface area contributed by atoms with Gasteiger partial charge in [-0.2, -0.15) is 0 Å². The highest BCUT2D eigenvalue weighted by atomic mass is 16.3. The number of hydrogen-bond acceptors (Lipinski definition) is 5. The molecule has 1 amide bonds. The summed E-state index contributed by atoms with van der Waals surface area (Å²) in [5, 5.41) is 37.0. The first-order valence-electron chi connectivity index (χ1n) is 16.7. The van der Waals surface area contributed by atoms with Crippen molar-refractivity contribution in [1.29, 1.82) is 0 Å². The topological polar surface area (TPSA) is 93.0 Å². The van der Waals surface area contributed by atoms with Crippen LogP contribution in [-0.4, -0.2) is 58.7 Å². The predicted molar refractivity (Wildman–Crippen MR) is 162 cm³/mol. The van der Waals surface area contributed by atoms with Crippen LogP contribution in [0.2, 0.25) is 0 Å². The number of aliphatic hydroxyl groups is 3. The number of piperidine rings is 1. The van der Waals surface area contributed by atoms with Crippen LogP contribution >= 0.6 is 0 Å². The monoisotopic (exact) mass is 566 g/mol. The molecule has 4 saturated carbocycles. The molecule has 1 aliphatic heterocycles. The van der Waals surface area contributed by atoms with Crippen LogP contribution in [0.15, 0.2) is 30.3 Å². The summed E-state index contributed by atoms with van der Waals surface area (Å²) in [6, 6.07) is 10.8. The second-order valence-electron chi connectivity index (χ2n) is 15.2. The zero-order valence-corrected chi connectivity index (χ0v) is 25.5. The summed E-state index contributed by atoms with van der Waals surface area (Å²) in [7, 11) is 0. The molecule has 6 nitrogen and oxygen atoms in total. The van der Waals surface area contributed by atoms with Gasteiger partial charge in [0.05, 0.1) is 18.3 Å². The first-order valence-corrected chi connectivity index (χ1v) is 16.7. The van der Waals surface area contributed by atoms with Crippen molar-refractivity contribution in [1.82, 2.24) is 5.32 Å². The fourth-order valence-corrected chi connectivity index (χ4v) is 10.9. The van der Waals surface area contributed by atoms with Crippen molar-refractivity contribution >= 4 is 11.6 Å². The summed E-state index contributed by atoms with van der Waals surface area (Å²) in [6.45, 7) is 8.93. The molecule has 0 spiro atoms. The number of carbonyl (C=O) groups excluding carboxylic acids is 1. The van der Waals surface area contributed by atoms with Crippen molar-refractivity contribution in [3.63, 3.8) is 0 Å². The number of hydrogen-bond donors (Lipinski definition) is 4. The number of amides is 1. The van der Waals surface area contributed by atoms with E-state index in [4.69, 9.17) is 0 Å². The Labute approximate surface area is 247 Å². The summed E-state index contributed by atoms with van der Waals surface area (Å²) >= 11 is 0. The van der Waals surface area contributed by atoms with Crippen molar-refractivity contribution in [2.45, 2.75) is 116 Å². The highest BCUT2D eigenvalue weighted by Gasteiger charge is 2.65. The number of aliphatic hydroxyl groups excluding tert-OH is 3. The second-order valence-corrected chi connectivity index (χ2v) is 15.2. The minimum atomic E-state index is -0.373. The van der Waals surface area contributed by atoms with Crippen LogP contribution in [0.3, 0.4) is 0 Å². The number of anilines is 1. The molecule has 1 aromatic rings. The van der Waals surface area contributed by atoms with Crippen molar-refractivity contribution in [3.05, 3.63) is 30.3 Å². The Bertz CT molecular complexity index is 1060. The van der Waals surface area contributed by atoms with Gasteiger partial charge < -0.3 is 25.5 Å². The van der Waals surface area contributed by atoms with Crippen molar-refractivity contribution in [3.8, 4) is 0 Å². The van der Waals surface area contributed by atoms with E-state index in [0.29, 0.717) is 36.0 Å². The molecule has 1 heterocycles. The van der Waals surface area contributed by atoms with E-state index < -0.39 is 0 Å². The minimum absolute atomic E-state index is 0.102. The largest absolute Gasteiger partial charge is 0.393 e. The van der Waals surface area contributed by atoms with E-state index in [1.54, 1.807) is 0 Å². The molecule has 5 aliphatic rings. The summed E-state index contributed by atoms with van der Waals surface area (Å²) in [5.41, 5.74) is 1.15. The fraction of sp³-hybridized carbons (Fsp3) is 0.800. The number of rotatable bonds is 6. The highest BCUT2D eigenvalue weighted by molar-refractivity contribution is 5.76. The molecule has 4 N–H and O–H groups in total. The minimum Gasteiger partial charge on any atom is -0.393 e. The Morgan fingerprint density at radius 2 is 1.71 bits per heavy atom. The van der Waals surface area contributed by atoms with E-state index in [1.165, 1.54) is 5.69 Å². The smallest absolute Gasteiger partial charge is 0.220 e. The molecule has 1 saturated heterocycles. The molecule has 11 atom stereocenters. The summed E-state index contributed by atoms with van der Waals surface area (Å²) in [4.78, 5) is 15.4. The number of carbonyl (C=O) groups is 1. The van der Waals surface area contributed by atoms with Crippen LogP contribution in [0.5, 0.6) is 0 Å². The molecule has 6 rings (SSSR count). The Morgan fingerprint density at radius 1 is 0.976 bits per heavy atom. The maximum atomic E-state index is 13.0. The predicted octanol–water partition coefficient (Wildman–Crippen LogP) is 5.15. The SMILES string of the molecule is C[C@H](CCC(=O)NC1CCN(c2ccccc2)CC1)[C@H]1CC[C@H]2[C@@H]3[C@H](O)C[C@@H]4C[C@H](O)CC[C@]4(C)[C@H]3C[C@H](O)[C@]12C. The average Bonchev–Trinajstić information content (AvgIpc) is 3.32. The average molecular weight is 567 g/mol. The molecule has 5 fully saturated rings. The molecule has 6 heteroatoms. The van der Waals surface area contributed by atoms with Crippen LogP contribution in [0, 0.1) is 46.3 Å². The molecule has 0 aromatic heterocycles. The number of benzene rings is 1. The second kappa shape index (κ2) is 11.5. The lowest BCUT2D eigenvalue weighted by molar-refractivity contribution is -0.207. The first-order chi connectivity index (χ1) is 19.6. The molecule has 0 radical (unpaired) electrons. The van der Waals surface area contributed by atoms with Crippen LogP contribution in [0.1, 0.15) is 91.4 Å². The Morgan fingerprint density at radius 3 is 2.44 bits per heavy atom. The Hall–Kier alpha value is -1.63. The van der Waals surface area contributed by atoms with Gasteiger partial charge in [-0.3, -0.25) is 4.79 Å². The van der Waals surface area contributed by atoms with Gasteiger partial charge in [0.15, 0.2) is 0 Å². The molecule has 0 bridgehead atoms. The standard InChI is InChI=1S/C35H54N2O4/c1-22(9-12-32(41)36-24-14-17-37(18-15-24)25-7-5-4-6-8-25)27-10-11-28-33-29(21-31(40)35(27,28)3)34(2)16-13-26(38)19-23(34)20-30(33)39/h4-8,22-24,26-31,33,38-40H,9-21H2,1-3H3,(H,36,41)/t22-,23+,26-,27-,28+,29+,30-,31+,33+,34+,35-/m1/s1. The van der Waals surface area contributed by atoms with Gasteiger partial charge >= 0.3 is 0 Å². The van der Waals surface area contributed by atoms with Gasteiger partial charge in [-0.25, -0.2) is 0 Å². The van der Waals surface area contributed by atoms with Crippen molar-refractivity contribution in [2.24, 2.45) is 46.3 Å². The zero-order chi connectivity index (χ0) is 28.9. The first kappa shape index (κ1) is 29.4. The van der Waals surface area contributed by atoms with Gasteiger partial charge in [-0.1, -0.05) is 39.0 Å². The van der Waals surface area contributed by atoms with Crippen molar-refractivity contribution < 1.29 is 20.1 Å². The third-order valence-electron chi connectivity index (χ3n) is 13.3. The summed E-state index contributed by atoms with van der Waals surface area (Å²) in [6.07, 6.45) is 8.75. The van der Waals surface area contributed by atoms with Crippen LogP contribution < -0.4 is 10.2 Å². The van der Waals surface area contributed by atoms with Crippen molar-refractivity contribution in [2.75, 3.05) is 18.0 Å². The van der Waals surface area contributed by atoms with Crippen LogP contribution in [0.4, 0.5) is 5.69 Å². The van der Waals surface area contributed by atoms with Gasteiger partial charge in [0.1, 0.15) is 0 Å². The maximum absolute atomic E-state index is 13.0. The Kier molecular flexibility index (Phi) is 8.23. The van der Waals surface area contributed by atoms with Gasteiger partial charge in [0.2, 0.25) is 5.91 Å². The molecular formula is C35H54N2O4. The van der Waals surface area contributed by atoms with Gasteiger partial charge in [0.25, 0.3) is 0 Å². The third-order valence-corrected chi connectivity index (χ3v) is 13.3. The van der Waals surface area contributed by atoms with Gasteiger partial charge in [-0.05, 0) is 123 Å². The summed E-state index contributed by atoms with van der Waals surface area (Å²) in [5.74, 6) is 2.13. The van der Waals surface area contributed by atoms with Gasteiger partial charge in [-0.15, -0.1) is 0 Å². The Balaban J connectivity index is 1.04. The lowest BCUT2D eigenvalue weighted by atomic mass is 9.43. The number of nitrogens with one attached hydrogen (secondary N) is 1. The van der Waals surface area contributed by atoms with Crippen LogP contribution in [0.25, 0.3) is 0 Å². The van der Waals surface area contributed by atoms with E-state index in [2.05, 4.69) is 55.3 Å². The van der Waals surface area contributed by atoms with E-state index in [1.807, 2.05) is 6.07 Å². The molecule has 228 valence electrons. The number of nitrogens with zero attached hydrogens (tertiary/aromatic N) is 1. The quantitative estimate of drug-likeness (QED) is 0.382. The lowest BCUT2D eigenvalue weighted by Crippen LogP contribution is -2.62. The van der Waals surface area contributed by atoms with E-state index >= 15 is 0 Å². The lowest BCUT2D eigenvalue weighted by Gasteiger charge is -2.63. The fourth-order valence-electron chi connectivity index (χ4n) is 10.9. The molecule has 41 heavy (non-hydrogen) atoms. The maximum Gasteiger partial charge on any atom is 0.220 e. The number of fused-ring (bicyclic) bond motifs is 5. The molecular weight excluding hydrogens is 512 g/mol. The zero-order valence-electron chi connectivity index (χ0n) is 25.5. The number of para-hydroxylation sites is 1. The molecule has 0 unspecified atom stereocenters. The molecule has 1 aromatic carbocycles. The highest BCUT2D eigenvalue weighted by Crippen LogP contribution is 2.68. The summed E-state index contributed by atoms with van der Waals surface area (Å²) < 4.78 is 0. The normalized spacial score (nSPS) is 43.5. The molecule has 4 aliphatic carbocycles. The van der Waals surface area contributed by atoms with E-state index in [0.717, 1.165) is 77.3 Å². The third kappa shape index (κ3) is 5.25. The van der Waals surface area contributed by atoms with Crippen LogP contribution in [-0.2, 0) is 4.79 Å². The van der Waals surface area contributed by atoms with E-state index in [-0.39, 0.29) is 47.0 Å². The van der Waals surface area contributed by atoms with E-state index in [9.17, 15) is 20.1 Å². The van der Waals surface area contributed by atoms with Gasteiger partial charge in [0, 0.05) is 31.2 Å².